The Morgan fingerprint density at radius 2 is 2.00 bits per heavy atom. The fourth-order valence-electron chi connectivity index (χ4n) is 3.59. The quantitative estimate of drug-likeness (QED) is 0.636. The number of benzene rings is 2. The molecule has 0 saturated carbocycles. The number of carbonyl (C=O) groups excluding carboxylic acids is 1. The van der Waals surface area contributed by atoms with Crippen molar-refractivity contribution < 1.29 is 9.36 Å². The first-order chi connectivity index (χ1) is 13.0. The fourth-order valence-corrected chi connectivity index (χ4v) is 3.89. The van der Waals surface area contributed by atoms with E-state index in [0.29, 0.717) is 10.0 Å². The second-order valence-electron chi connectivity index (χ2n) is 6.81. The maximum Gasteiger partial charge on any atom is 0.266 e. The molecule has 4 nitrogen and oxygen atoms in total. The zero-order valence-electron chi connectivity index (χ0n) is 15.0. The van der Waals surface area contributed by atoms with Crippen LogP contribution in [0.1, 0.15) is 17.8 Å². The van der Waals surface area contributed by atoms with Gasteiger partial charge in [0, 0.05) is 11.3 Å². The number of hydrogen-bond acceptors (Lipinski definition) is 1. The van der Waals surface area contributed by atoms with Crippen molar-refractivity contribution in [3.05, 3.63) is 70.1 Å². The monoisotopic (exact) mass is 400 g/mol. The highest BCUT2D eigenvalue weighted by atomic mass is 35.5. The van der Waals surface area contributed by atoms with E-state index in [9.17, 15) is 4.79 Å². The SMILES string of the molecule is Cc1ccccc1NC(=O)C[n+]1cc(-c2ccc(Cl)c(Cl)c2)n2c1CCC2. The van der Waals surface area contributed by atoms with E-state index in [-0.39, 0.29) is 12.5 Å². The highest BCUT2D eigenvalue weighted by Gasteiger charge is 2.29. The first kappa shape index (κ1) is 18.1. The van der Waals surface area contributed by atoms with Gasteiger partial charge in [-0.05, 0) is 43.2 Å². The van der Waals surface area contributed by atoms with Crippen molar-refractivity contribution in [1.29, 1.82) is 0 Å². The second-order valence-corrected chi connectivity index (χ2v) is 7.62. The minimum Gasteiger partial charge on any atom is -0.322 e. The third-order valence-electron chi connectivity index (χ3n) is 4.94. The summed E-state index contributed by atoms with van der Waals surface area (Å²) in [6.07, 6.45) is 4.06. The number of imidazole rings is 1. The predicted octanol–water partition coefficient (Wildman–Crippen LogP) is 4.64. The van der Waals surface area contributed by atoms with Crippen LogP contribution < -0.4 is 9.88 Å². The van der Waals surface area contributed by atoms with Crippen LogP contribution in [-0.2, 0) is 24.3 Å². The first-order valence-electron chi connectivity index (χ1n) is 8.95. The lowest BCUT2D eigenvalue weighted by Crippen LogP contribution is -2.42. The molecule has 1 aliphatic heterocycles. The average molecular weight is 401 g/mol. The van der Waals surface area contributed by atoms with Crippen LogP contribution in [0.15, 0.2) is 48.7 Å². The highest BCUT2D eigenvalue weighted by molar-refractivity contribution is 6.42. The van der Waals surface area contributed by atoms with E-state index < -0.39 is 0 Å². The van der Waals surface area contributed by atoms with Gasteiger partial charge in [-0.3, -0.25) is 4.79 Å². The van der Waals surface area contributed by atoms with Crippen LogP contribution >= 0.6 is 23.2 Å². The minimum absolute atomic E-state index is 0.0321. The van der Waals surface area contributed by atoms with Crippen LogP contribution in [0.3, 0.4) is 0 Å². The Morgan fingerprint density at radius 3 is 2.78 bits per heavy atom. The van der Waals surface area contributed by atoms with Gasteiger partial charge in [0.2, 0.25) is 0 Å². The van der Waals surface area contributed by atoms with Crippen molar-refractivity contribution in [3.8, 4) is 11.3 Å². The van der Waals surface area contributed by atoms with E-state index in [0.717, 1.165) is 47.7 Å². The summed E-state index contributed by atoms with van der Waals surface area (Å²) in [5.74, 6) is 1.13. The van der Waals surface area contributed by atoms with Crippen LogP contribution in [0.5, 0.6) is 0 Å². The zero-order valence-corrected chi connectivity index (χ0v) is 16.5. The maximum absolute atomic E-state index is 12.6. The second kappa shape index (κ2) is 7.37. The van der Waals surface area contributed by atoms with Crippen LogP contribution in [0.25, 0.3) is 11.3 Å². The summed E-state index contributed by atoms with van der Waals surface area (Å²) < 4.78 is 4.30. The number of halogens is 2. The number of nitrogens with one attached hydrogen (secondary N) is 1. The zero-order chi connectivity index (χ0) is 19.0. The molecular formula is C21H20Cl2N3O+. The Labute approximate surface area is 168 Å². The fraction of sp³-hybridized carbons (Fsp3) is 0.238. The molecule has 1 amide bonds. The number of anilines is 1. The molecule has 4 rings (SSSR count). The number of aryl methyl sites for hydroxylation is 1. The molecule has 2 heterocycles. The molecule has 0 spiro atoms. The molecule has 0 fully saturated rings. The summed E-state index contributed by atoms with van der Waals surface area (Å²) in [6, 6.07) is 13.4. The van der Waals surface area contributed by atoms with Crippen LogP contribution in [-0.4, -0.2) is 10.5 Å². The lowest BCUT2D eigenvalue weighted by molar-refractivity contribution is -0.690. The van der Waals surface area contributed by atoms with Gasteiger partial charge in [0.15, 0.2) is 12.2 Å². The Hall–Kier alpha value is -2.30. The van der Waals surface area contributed by atoms with E-state index in [1.165, 1.54) is 0 Å². The molecule has 0 bridgehead atoms. The number of hydrogen-bond donors (Lipinski definition) is 1. The van der Waals surface area contributed by atoms with E-state index in [1.54, 1.807) is 0 Å². The van der Waals surface area contributed by atoms with Gasteiger partial charge in [0.1, 0.15) is 6.20 Å². The molecule has 27 heavy (non-hydrogen) atoms. The van der Waals surface area contributed by atoms with E-state index in [4.69, 9.17) is 23.2 Å². The highest BCUT2D eigenvalue weighted by Crippen LogP contribution is 2.30. The number of nitrogens with zero attached hydrogens (tertiary/aromatic N) is 2. The number of fused-ring (bicyclic) bond motifs is 1. The number of rotatable bonds is 4. The molecule has 6 heteroatoms. The molecule has 0 aliphatic carbocycles. The van der Waals surface area contributed by atoms with Gasteiger partial charge < -0.3 is 5.32 Å². The molecule has 0 unspecified atom stereocenters. The van der Waals surface area contributed by atoms with Gasteiger partial charge in [0.25, 0.3) is 11.7 Å². The summed E-state index contributed by atoms with van der Waals surface area (Å²) >= 11 is 12.3. The predicted molar refractivity (Wildman–Crippen MR) is 108 cm³/mol. The standard InChI is InChI=1S/C21H19Cl2N3O/c1-14-5-2-3-6-18(14)24-20(27)13-25-12-19(26-10-4-7-21(25)26)15-8-9-16(22)17(23)11-15/h2-3,5-6,8-9,11-12H,4,7,10,13H2,1H3/p+1. The summed E-state index contributed by atoms with van der Waals surface area (Å²) in [4.78, 5) is 12.6. The Morgan fingerprint density at radius 1 is 1.19 bits per heavy atom. The lowest BCUT2D eigenvalue weighted by Gasteiger charge is -2.07. The number of amides is 1. The molecule has 2 aromatic carbocycles. The average Bonchev–Trinajstić information content (AvgIpc) is 3.23. The van der Waals surface area contributed by atoms with Gasteiger partial charge in [-0.2, -0.15) is 0 Å². The topological polar surface area (TPSA) is 37.9 Å². The van der Waals surface area contributed by atoms with E-state index in [1.807, 2.05) is 60.2 Å². The molecule has 3 aromatic rings. The molecule has 138 valence electrons. The third-order valence-corrected chi connectivity index (χ3v) is 5.68. The summed E-state index contributed by atoms with van der Waals surface area (Å²) in [7, 11) is 0. The third kappa shape index (κ3) is 3.60. The molecule has 1 aromatic heterocycles. The van der Waals surface area contributed by atoms with Gasteiger partial charge in [-0.1, -0.05) is 41.4 Å². The van der Waals surface area contributed by atoms with Crippen molar-refractivity contribution in [2.24, 2.45) is 0 Å². The molecule has 1 aliphatic rings. The maximum atomic E-state index is 12.6. The molecule has 0 saturated heterocycles. The first-order valence-corrected chi connectivity index (χ1v) is 9.71. The van der Waals surface area contributed by atoms with Crippen molar-refractivity contribution >= 4 is 34.8 Å². The number of para-hydroxylation sites is 1. The summed E-state index contributed by atoms with van der Waals surface area (Å²) in [5.41, 5.74) is 3.97. The van der Waals surface area contributed by atoms with Crippen molar-refractivity contribution in [2.75, 3.05) is 5.32 Å². The van der Waals surface area contributed by atoms with Crippen LogP contribution in [0.4, 0.5) is 5.69 Å². The molecular weight excluding hydrogens is 381 g/mol. The van der Waals surface area contributed by atoms with E-state index >= 15 is 0 Å². The summed E-state index contributed by atoms with van der Waals surface area (Å²) in [5, 5.41) is 4.08. The van der Waals surface area contributed by atoms with Gasteiger partial charge in [-0.15, -0.1) is 0 Å². The molecule has 0 atom stereocenters. The van der Waals surface area contributed by atoms with Crippen molar-refractivity contribution in [1.82, 2.24) is 4.57 Å². The summed E-state index contributed by atoms with van der Waals surface area (Å²) in [6.45, 7) is 3.21. The van der Waals surface area contributed by atoms with E-state index in [2.05, 4.69) is 9.88 Å². The Kier molecular flexibility index (Phi) is 4.94. The largest absolute Gasteiger partial charge is 0.322 e. The molecule has 1 N–H and O–H groups in total. The Bertz CT molecular complexity index is 1030. The minimum atomic E-state index is -0.0321. The Balaban J connectivity index is 1.61. The molecule has 0 radical (unpaired) electrons. The van der Waals surface area contributed by atoms with Crippen molar-refractivity contribution in [3.63, 3.8) is 0 Å². The smallest absolute Gasteiger partial charge is 0.266 e. The number of carbonyl (C=O) groups is 1. The number of aromatic nitrogens is 2. The van der Waals surface area contributed by atoms with Crippen LogP contribution in [0.2, 0.25) is 10.0 Å². The van der Waals surface area contributed by atoms with Gasteiger partial charge in [-0.25, -0.2) is 9.13 Å². The lowest BCUT2D eigenvalue weighted by atomic mass is 10.1. The van der Waals surface area contributed by atoms with Crippen LogP contribution in [0, 0.1) is 6.92 Å². The van der Waals surface area contributed by atoms with Gasteiger partial charge >= 0.3 is 0 Å². The van der Waals surface area contributed by atoms with Gasteiger partial charge in [0.05, 0.1) is 23.0 Å². The normalized spacial score (nSPS) is 12.9. The van der Waals surface area contributed by atoms with Crippen molar-refractivity contribution in [2.45, 2.75) is 32.9 Å².